The first-order chi connectivity index (χ1) is 8.51. The van der Waals surface area contributed by atoms with Crippen molar-refractivity contribution in [2.24, 2.45) is 0 Å². The maximum Gasteiger partial charge on any atom is 0.239 e. The number of rotatable bonds is 3. The first kappa shape index (κ1) is 13.3. The van der Waals surface area contributed by atoms with Crippen LogP contribution in [0.25, 0.3) is 0 Å². The Bertz CT molecular complexity index is 495. The Balaban J connectivity index is 2.20. The molecule has 6 heteroatoms. The molecule has 0 amide bonds. The molecule has 1 saturated heterocycles. The van der Waals surface area contributed by atoms with Crippen molar-refractivity contribution in [1.82, 2.24) is 5.32 Å². The van der Waals surface area contributed by atoms with E-state index >= 15 is 0 Å². The molecule has 1 aromatic rings. The fourth-order valence-electron chi connectivity index (χ4n) is 2.10. The van der Waals surface area contributed by atoms with Crippen LogP contribution in [-0.2, 0) is 10.0 Å². The summed E-state index contributed by atoms with van der Waals surface area (Å²) in [5.41, 5.74) is 0.488. The van der Waals surface area contributed by atoms with Crippen molar-refractivity contribution in [3.05, 3.63) is 30.1 Å². The van der Waals surface area contributed by atoms with Crippen LogP contribution < -0.4 is 9.62 Å². The molecule has 0 radical (unpaired) electrons. The van der Waals surface area contributed by atoms with Crippen LogP contribution in [0.1, 0.15) is 12.8 Å². The number of sulfonamides is 1. The van der Waals surface area contributed by atoms with Gasteiger partial charge in [-0.3, -0.25) is 4.31 Å². The molecule has 1 aliphatic heterocycles. The van der Waals surface area contributed by atoms with E-state index in [-0.39, 0.29) is 5.82 Å². The van der Waals surface area contributed by atoms with Gasteiger partial charge >= 0.3 is 0 Å². The van der Waals surface area contributed by atoms with Crippen molar-refractivity contribution in [3.8, 4) is 0 Å². The standard InChI is InChI=1S/C12H17FN2O2S/c1-15(11-6-4-10(13)5-7-11)18(16,17)12-3-2-8-14-9-12/h4-7,12,14H,2-3,8-9H2,1H3. The fourth-order valence-corrected chi connectivity index (χ4v) is 3.75. The van der Waals surface area contributed by atoms with Gasteiger partial charge in [-0.2, -0.15) is 0 Å². The Morgan fingerprint density at radius 1 is 1.33 bits per heavy atom. The lowest BCUT2D eigenvalue weighted by atomic mass is 10.2. The molecule has 1 aromatic carbocycles. The summed E-state index contributed by atoms with van der Waals surface area (Å²) in [6.07, 6.45) is 1.53. The smallest absolute Gasteiger partial charge is 0.239 e. The zero-order valence-corrected chi connectivity index (χ0v) is 11.1. The number of nitrogens with one attached hydrogen (secondary N) is 1. The Hall–Kier alpha value is -1.14. The summed E-state index contributed by atoms with van der Waals surface area (Å²) in [5, 5.41) is 2.69. The summed E-state index contributed by atoms with van der Waals surface area (Å²) in [7, 11) is -1.87. The van der Waals surface area contributed by atoms with Gasteiger partial charge in [0, 0.05) is 13.6 Å². The number of benzene rings is 1. The molecule has 1 fully saturated rings. The maximum atomic E-state index is 12.8. The molecular formula is C12H17FN2O2S. The number of halogens is 1. The van der Waals surface area contributed by atoms with E-state index in [0.717, 1.165) is 13.0 Å². The highest BCUT2D eigenvalue weighted by atomic mass is 32.2. The Labute approximate surface area is 107 Å². The quantitative estimate of drug-likeness (QED) is 0.903. The molecule has 0 aliphatic carbocycles. The molecule has 0 saturated carbocycles. The van der Waals surface area contributed by atoms with E-state index in [1.807, 2.05) is 0 Å². The van der Waals surface area contributed by atoms with Crippen molar-refractivity contribution in [3.63, 3.8) is 0 Å². The minimum atomic E-state index is -3.38. The van der Waals surface area contributed by atoms with Crippen molar-refractivity contribution in [1.29, 1.82) is 0 Å². The molecular weight excluding hydrogens is 255 g/mol. The number of anilines is 1. The van der Waals surface area contributed by atoms with Crippen LogP contribution in [0.5, 0.6) is 0 Å². The summed E-state index contributed by atoms with van der Waals surface area (Å²) >= 11 is 0. The summed E-state index contributed by atoms with van der Waals surface area (Å²) in [6, 6.07) is 5.48. The number of nitrogens with zero attached hydrogens (tertiary/aromatic N) is 1. The van der Waals surface area contributed by atoms with Gasteiger partial charge < -0.3 is 5.32 Å². The molecule has 18 heavy (non-hydrogen) atoms. The van der Waals surface area contributed by atoms with Crippen LogP contribution in [-0.4, -0.2) is 33.8 Å². The summed E-state index contributed by atoms with van der Waals surface area (Å²) in [4.78, 5) is 0. The van der Waals surface area contributed by atoms with E-state index in [1.165, 1.54) is 35.6 Å². The molecule has 1 heterocycles. The average Bonchev–Trinajstić information content (AvgIpc) is 2.40. The molecule has 4 nitrogen and oxygen atoms in total. The topological polar surface area (TPSA) is 49.4 Å². The lowest BCUT2D eigenvalue weighted by Crippen LogP contribution is -2.45. The first-order valence-corrected chi connectivity index (χ1v) is 7.46. The van der Waals surface area contributed by atoms with Gasteiger partial charge in [-0.1, -0.05) is 0 Å². The van der Waals surface area contributed by atoms with E-state index in [1.54, 1.807) is 0 Å². The molecule has 2 rings (SSSR count). The SMILES string of the molecule is CN(c1ccc(F)cc1)S(=O)(=O)C1CCCNC1. The average molecular weight is 272 g/mol. The normalized spacial score (nSPS) is 20.7. The summed E-state index contributed by atoms with van der Waals surface area (Å²) in [6.45, 7) is 1.35. The number of hydrogen-bond donors (Lipinski definition) is 1. The van der Waals surface area contributed by atoms with Crippen LogP contribution in [0.15, 0.2) is 24.3 Å². The highest BCUT2D eigenvalue weighted by molar-refractivity contribution is 7.93. The molecule has 0 bridgehead atoms. The second-order valence-corrected chi connectivity index (χ2v) is 6.70. The van der Waals surface area contributed by atoms with Gasteiger partial charge in [-0.05, 0) is 43.7 Å². The second-order valence-electron chi connectivity index (χ2n) is 4.46. The maximum absolute atomic E-state index is 12.8. The Morgan fingerprint density at radius 3 is 2.56 bits per heavy atom. The lowest BCUT2D eigenvalue weighted by molar-refractivity contribution is 0.496. The number of piperidine rings is 1. The van der Waals surface area contributed by atoms with Crippen molar-refractivity contribution in [2.75, 3.05) is 24.4 Å². The predicted molar refractivity (Wildman–Crippen MR) is 69.6 cm³/mol. The Kier molecular flexibility index (Phi) is 3.87. The highest BCUT2D eigenvalue weighted by Crippen LogP contribution is 2.22. The molecule has 1 atom stereocenters. The van der Waals surface area contributed by atoms with E-state index in [9.17, 15) is 12.8 Å². The van der Waals surface area contributed by atoms with Gasteiger partial charge in [0.1, 0.15) is 5.82 Å². The third-order valence-corrected chi connectivity index (χ3v) is 5.46. The van der Waals surface area contributed by atoms with E-state index in [0.29, 0.717) is 18.7 Å². The van der Waals surface area contributed by atoms with Crippen molar-refractivity contribution >= 4 is 15.7 Å². The number of hydrogen-bond acceptors (Lipinski definition) is 3. The van der Waals surface area contributed by atoms with Crippen LogP contribution in [0, 0.1) is 5.82 Å². The second kappa shape index (κ2) is 5.24. The largest absolute Gasteiger partial charge is 0.315 e. The first-order valence-electron chi connectivity index (χ1n) is 5.96. The summed E-state index contributed by atoms with van der Waals surface area (Å²) in [5.74, 6) is -0.371. The zero-order valence-electron chi connectivity index (χ0n) is 10.3. The lowest BCUT2D eigenvalue weighted by Gasteiger charge is -2.28. The fraction of sp³-hybridized carbons (Fsp3) is 0.500. The van der Waals surface area contributed by atoms with E-state index in [2.05, 4.69) is 5.32 Å². The summed E-state index contributed by atoms with van der Waals surface area (Å²) < 4.78 is 38.8. The molecule has 0 aromatic heterocycles. The highest BCUT2D eigenvalue weighted by Gasteiger charge is 2.31. The molecule has 1 aliphatic rings. The third-order valence-electron chi connectivity index (χ3n) is 3.24. The van der Waals surface area contributed by atoms with Crippen molar-refractivity contribution in [2.45, 2.75) is 18.1 Å². The minimum absolute atomic E-state index is 0.371. The molecule has 100 valence electrons. The van der Waals surface area contributed by atoms with Crippen LogP contribution in [0.2, 0.25) is 0 Å². The van der Waals surface area contributed by atoms with Crippen molar-refractivity contribution < 1.29 is 12.8 Å². The van der Waals surface area contributed by atoms with Gasteiger partial charge in [0.2, 0.25) is 10.0 Å². The molecule has 0 spiro atoms. The molecule has 1 N–H and O–H groups in total. The van der Waals surface area contributed by atoms with Gasteiger partial charge in [0.15, 0.2) is 0 Å². The predicted octanol–water partition coefficient (Wildman–Crippen LogP) is 1.34. The van der Waals surface area contributed by atoms with E-state index < -0.39 is 15.3 Å². The third kappa shape index (κ3) is 2.64. The van der Waals surface area contributed by atoms with Gasteiger partial charge in [0.25, 0.3) is 0 Å². The van der Waals surface area contributed by atoms with Gasteiger partial charge in [-0.15, -0.1) is 0 Å². The minimum Gasteiger partial charge on any atom is -0.315 e. The monoisotopic (exact) mass is 272 g/mol. The zero-order chi connectivity index (χ0) is 13.2. The van der Waals surface area contributed by atoms with E-state index in [4.69, 9.17) is 0 Å². The Morgan fingerprint density at radius 2 is 2.00 bits per heavy atom. The van der Waals surface area contributed by atoms with Crippen LogP contribution in [0.3, 0.4) is 0 Å². The van der Waals surface area contributed by atoms with Gasteiger partial charge in [-0.25, -0.2) is 12.8 Å². The molecule has 1 unspecified atom stereocenters. The van der Waals surface area contributed by atoms with Crippen LogP contribution in [0.4, 0.5) is 10.1 Å². The van der Waals surface area contributed by atoms with Gasteiger partial charge in [0.05, 0.1) is 10.9 Å². The van der Waals surface area contributed by atoms with Crippen LogP contribution >= 0.6 is 0 Å².